The van der Waals surface area contributed by atoms with E-state index in [1.54, 1.807) is 24.8 Å². The van der Waals surface area contributed by atoms with Gasteiger partial charge in [-0.05, 0) is 18.1 Å². The summed E-state index contributed by atoms with van der Waals surface area (Å²) in [6.07, 6.45) is 0. The Balaban J connectivity index is 1.74. The van der Waals surface area contributed by atoms with Crippen LogP contribution in [0.4, 0.5) is 0 Å². The lowest BCUT2D eigenvalue weighted by atomic mass is 9.91. The number of carbonyl (C=O) groups is 1. The Morgan fingerprint density at radius 3 is 3.10 bits per heavy atom. The largest absolute Gasteiger partial charge is 0.382 e. The zero-order valence-electron chi connectivity index (χ0n) is 11.6. The number of aliphatic hydroxyl groups is 1. The number of rotatable bonds is 3. The first kappa shape index (κ1) is 14.2. The molecule has 0 spiro atoms. The van der Waals surface area contributed by atoms with Gasteiger partial charge in [0.25, 0.3) is 5.91 Å². The molecule has 1 aromatic heterocycles. The highest BCUT2D eigenvalue weighted by atomic mass is 32.2. The minimum atomic E-state index is -1.05. The Hall–Kier alpha value is -1.79. The zero-order chi connectivity index (χ0) is 14.9. The maximum atomic E-state index is 12.0. The summed E-state index contributed by atoms with van der Waals surface area (Å²) in [4.78, 5) is 12.0. The van der Waals surface area contributed by atoms with E-state index in [1.165, 1.54) is 0 Å². The summed E-state index contributed by atoms with van der Waals surface area (Å²) in [7, 11) is 0. The third-order valence-corrected chi connectivity index (χ3v) is 4.72. The maximum absolute atomic E-state index is 12.0. The van der Waals surface area contributed by atoms with E-state index in [2.05, 4.69) is 10.5 Å². The Kier molecular flexibility index (Phi) is 3.73. The molecule has 1 aliphatic rings. The van der Waals surface area contributed by atoms with Crippen molar-refractivity contribution in [3.8, 4) is 0 Å². The van der Waals surface area contributed by atoms with Crippen molar-refractivity contribution >= 4 is 17.7 Å². The molecule has 1 unspecified atom stereocenters. The number of amides is 1. The predicted molar refractivity (Wildman–Crippen MR) is 80.1 cm³/mol. The van der Waals surface area contributed by atoms with Crippen LogP contribution in [0.3, 0.4) is 0 Å². The molecule has 3 rings (SSSR count). The average Bonchev–Trinajstić information content (AvgIpc) is 2.92. The predicted octanol–water partition coefficient (Wildman–Crippen LogP) is 1.85. The summed E-state index contributed by atoms with van der Waals surface area (Å²) in [6.45, 7) is 1.88. The minimum Gasteiger partial charge on any atom is -0.382 e. The summed E-state index contributed by atoms with van der Waals surface area (Å²) >= 11 is 1.66. The molecule has 21 heavy (non-hydrogen) atoms. The smallest absolute Gasteiger partial charge is 0.273 e. The van der Waals surface area contributed by atoms with Crippen LogP contribution in [0.25, 0.3) is 0 Å². The summed E-state index contributed by atoms with van der Waals surface area (Å²) in [5.41, 5.74) is 1.18. The maximum Gasteiger partial charge on any atom is 0.273 e. The molecule has 1 atom stereocenters. The van der Waals surface area contributed by atoms with E-state index in [0.717, 1.165) is 16.9 Å². The van der Waals surface area contributed by atoms with E-state index in [1.807, 2.05) is 24.3 Å². The number of thioether (sulfide) groups is 1. The molecule has 1 aromatic carbocycles. The SMILES string of the molecule is Cc1cc(C(=O)NCC2(O)CSCc3ccccc32)no1. The van der Waals surface area contributed by atoms with E-state index in [4.69, 9.17) is 4.52 Å². The van der Waals surface area contributed by atoms with Crippen LogP contribution in [-0.4, -0.2) is 28.5 Å². The molecule has 2 aromatic rings. The fourth-order valence-electron chi connectivity index (χ4n) is 2.44. The number of benzene rings is 1. The topological polar surface area (TPSA) is 75.4 Å². The third kappa shape index (κ3) is 2.82. The summed E-state index contributed by atoms with van der Waals surface area (Å²) < 4.78 is 4.88. The van der Waals surface area contributed by atoms with Gasteiger partial charge >= 0.3 is 0 Å². The second kappa shape index (κ2) is 5.54. The van der Waals surface area contributed by atoms with Crippen molar-refractivity contribution in [1.29, 1.82) is 0 Å². The van der Waals surface area contributed by atoms with Crippen molar-refractivity contribution < 1.29 is 14.4 Å². The van der Waals surface area contributed by atoms with E-state index >= 15 is 0 Å². The van der Waals surface area contributed by atoms with Gasteiger partial charge in [0, 0.05) is 17.6 Å². The number of nitrogens with zero attached hydrogens (tertiary/aromatic N) is 1. The Morgan fingerprint density at radius 2 is 2.33 bits per heavy atom. The quantitative estimate of drug-likeness (QED) is 0.905. The fourth-order valence-corrected chi connectivity index (χ4v) is 3.61. The summed E-state index contributed by atoms with van der Waals surface area (Å²) in [6, 6.07) is 9.37. The van der Waals surface area contributed by atoms with Gasteiger partial charge < -0.3 is 14.9 Å². The van der Waals surface area contributed by atoms with Gasteiger partial charge in [0.2, 0.25) is 0 Å². The highest BCUT2D eigenvalue weighted by Crippen LogP contribution is 2.35. The lowest BCUT2D eigenvalue weighted by molar-refractivity contribution is 0.0549. The van der Waals surface area contributed by atoms with Gasteiger partial charge in [-0.3, -0.25) is 4.79 Å². The number of fused-ring (bicyclic) bond motifs is 1. The van der Waals surface area contributed by atoms with Crippen LogP contribution in [0.15, 0.2) is 34.9 Å². The molecule has 2 heterocycles. The van der Waals surface area contributed by atoms with Crippen molar-refractivity contribution in [3.05, 3.63) is 52.9 Å². The molecule has 0 saturated heterocycles. The van der Waals surface area contributed by atoms with E-state index in [9.17, 15) is 9.90 Å². The molecule has 0 radical (unpaired) electrons. The van der Waals surface area contributed by atoms with Crippen LogP contribution in [0.1, 0.15) is 27.4 Å². The third-order valence-electron chi connectivity index (χ3n) is 3.52. The molecule has 0 aliphatic carbocycles. The summed E-state index contributed by atoms with van der Waals surface area (Å²) in [5, 5.41) is 17.3. The summed E-state index contributed by atoms with van der Waals surface area (Å²) in [5.74, 6) is 1.68. The molecule has 1 amide bonds. The second-order valence-corrected chi connectivity index (χ2v) is 6.17. The van der Waals surface area contributed by atoms with Crippen molar-refractivity contribution in [2.75, 3.05) is 12.3 Å². The Morgan fingerprint density at radius 1 is 1.52 bits per heavy atom. The van der Waals surface area contributed by atoms with Gasteiger partial charge in [-0.15, -0.1) is 0 Å². The van der Waals surface area contributed by atoms with E-state index < -0.39 is 5.60 Å². The van der Waals surface area contributed by atoms with Crippen molar-refractivity contribution in [3.63, 3.8) is 0 Å². The highest BCUT2D eigenvalue weighted by molar-refractivity contribution is 7.98. The van der Waals surface area contributed by atoms with Gasteiger partial charge in [0.15, 0.2) is 5.69 Å². The molecule has 0 bridgehead atoms. The Labute approximate surface area is 126 Å². The number of nitrogens with one attached hydrogen (secondary N) is 1. The van der Waals surface area contributed by atoms with Crippen LogP contribution in [0.5, 0.6) is 0 Å². The highest BCUT2D eigenvalue weighted by Gasteiger charge is 2.35. The average molecular weight is 304 g/mol. The molecule has 0 fully saturated rings. The lowest BCUT2D eigenvalue weighted by Gasteiger charge is -2.34. The normalized spacial score (nSPS) is 20.9. The first-order valence-corrected chi connectivity index (χ1v) is 7.84. The zero-order valence-corrected chi connectivity index (χ0v) is 12.4. The van der Waals surface area contributed by atoms with Crippen LogP contribution in [0, 0.1) is 6.92 Å². The molecule has 0 saturated carbocycles. The first-order chi connectivity index (χ1) is 10.1. The molecule has 1 aliphatic heterocycles. The second-order valence-electron chi connectivity index (χ2n) is 5.19. The minimum absolute atomic E-state index is 0.155. The molecule has 6 heteroatoms. The molecule has 110 valence electrons. The van der Waals surface area contributed by atoms with Crippen molar-refractivity contribution in [2.24, 2.45) is 0 Å². The number of hydrogen-bond donors (Lipinski definition) is 2. The van der Waals surface area contributed by atoms with Crippen LogP contribution in [0.2, 0.25) is 0 Å². The molecular formula is C15H16N2O3S. The van der Waals surface area contributed by atoms with E-state index in [-0.39, 0.29) is 18.1 Å². The van der Waals surface area contributed by atoms with Gasteiger partial charge in [0.1, 0.15) is 11.4 Å². The number of aryl methyl sites for hydroxylation is 1. The molecule has 2 N–H and O–H groups in total. The number of aromatic nitrogens is 1. The number of hydrogen-bond acceptors (Lipinski definition) is 5. The fraction of sp³-hybridized carbons (Fsp3) is 0.333. The monoisotopic (exact) mass is 304 g/mol. The van der Waals surface area contributed by atoms with Crippen molar-refractivity contribution in [1.82, 2.24) is 10.5 Å². The van der Waals surface area contributed by atoms with Crippen LogP contribution < -0.4 is 5.32 Å². The van der Waals surface area contributed by atoms with Crippen LogP contribution in [-0.2, 0) is 11.4 Å². The lowest BCUT2D eigenvalue weighted by Crippen LogP contribution is -2.44. The van der Waals surface area contributed by atoms with Gasteiger partial charge in [-0.25, -0.2) is 0 Å². The van der Waals surface area contributed by atoms with Gasteiger partial charge in [-0.2, -0.15) is 11.8 Å². The van der Waals surface area contributed by atoms with Crippen LogP contribution >= 0.6 is 11.8 Å². The molecule has 5 nitrogen and oxygen atoms in total. The van der Waals surface area contributed by atoms with Gasteiger partial charge in [0.05, 0.1) is 6.54 Å². The van der Waals surface area contributed by atoms with Crippen molar-refractivity contribution in [2.45, 2.75) is 18.3 Å². The first-order valence-electron chi connectivity index (χ1n) is 6.68. The van der Waals surface area contributed by atoms with E-state index in [0.29, 0.717) is 11.5 Å². The van der Waals surface area contributed by atoms with Gasteiger partial charge in [-0.1, -0.05) is 29.4 Å². The number of carbonyl (C=O) groups excluding carboxylic acids is 1. The Bertz CT molecular complexity index is 670. The standard InChI is InChI=1S/C15H16N2O3S/c1-10-6-13(17-20-10)14(18)16-8-15(19)9-21-7-11-4-2-3-5-12(11)15/h2-6,19H,7-9H2,1H3,(H,16,18). The molecular weight excluding hydrogens is 288 g/mol.